The maximum atomic E-state index is 11.8. The van der Waals surface area contributed by atoms with Crippen LogP contribution in [0.2, 0.25) is 0 Å². The Bertz CT molecular complexity index is 343. The van der Waals surface area contributed by atoms with E-state index in [1.165, 1.54) is 0 Å². The van der Waals surface area contributed by atoms with Gasteiger partial charge < -0.3 is 9.30 Å². The van der Waals surface area contributed by atoms with Gasteiger partial charge in [0, 0.05) is 18.4 Å². The molecule has 1 aliphatic rings. The molecule has 0 radical (unpaired) electrons. The molecular formula is C12H17NO2. The molecule has 82 valence electrons. The monoisotopic (exact) mass is 207 g/mol. The Morgan fingerprint density at radius 3 is 3.33 bits per heavy atom. The first-order valence-corrected chi connectivity index (χ1v) is 5.64. The van der Waals surface area contributed by atoms with Gasteiger partial charge >= 0.3 is 5.97 Å². The predicted octanol–water partition coefficient (Wildman–Crippen LogP) is 2.32. The summed E-state index contributed by atoms with van der Waals surface area (Å²) in [5, 5.41) is 0. The van der Waals surface area contributed by atoms with Crippen LogP contribution in [0.3, 0.4) is 0 Å². The van der Waals surface area contributed by atoms with Crippen LogP contribution in [-0.4, -0.2) is 17.1 Å². The van der Waals surface area contributed by atoms with E-state index < -0.39 is 0 Å². The van der Waals surface area contributed by atoms with Crippen LogP contribution in [0.25, 0.3) is 0 Å². The van der Waals surface area contributed by atoms with E-state index in [9.17, 15) is 4.79 Å². The molecular weight excluding hydrogens is 190 g/mol. The first-order chi connectivity index (χ1) is 7.33. The normalized spacial score (nSPS) is 19.7. The van der Waals surface area contributed by atoms with Crippen molar-refractivity contribution in [2.45, 2.75) is 38.6 Å². The SMILES string of the molecule is CCCOC(=O)C1CCCn2cccc21. The van der Waals surface area contributed by atoms with E-state index in [0.717, 1.165) is 31.5 Å². The van der Waals surface area contributed by atoms with E-state index in [1.807, 2.05) is 25.3 Å². The lowest BCUT2D eigenvalue weighted by Gasteiger charge is -2.23. The molecule has 3 nitrogen and oxygen atoms in total. The number of ether oxygens (including phenoxy) is 1. The quantitative estimate of drug-likeness (QED) is 0.712. The lowest BCUT2D eigenvalue weighted by Crippen LogP contribution is -2.23. The number of rotatable bonds is 3. The van der Waals surface area contributed by atoms with E-state index in [0.29, 0.717) is 6.61 Å². The Morgan fingerprint density at radius 2 is 2.53 bits per heavy atom. The van der Waals surface area contributed by atoms with Crippen LogP contribution in [0.15, 0.2) is 18.3 Å². The molecule has 0 aromatic carbocycles. The summed E-state index contributed by atoms with van der Waals surface area (Å²) in [7, 11) is 0. The second kappa shape index (κ2) is 4.51. The molecule has 2 heterocycles. The van der Waals surface area contributed by atoms with Gasteiger partial charge in [-0.3, -0.25) is 4.79 Å². The zero-order valence-electron chi connectivity index (χ0n) is 9.11. The summed E-state index contributed by atoms with van der Waals surface area (Å²) < 4.78 is 7.36. The highest BCUT2D eigenvalue weighted by atomic mass is 16.5. The molecule has 0 spiro atoms. The minimum atomic E-state index is -0.0588. The van der Waals surface area contributed by atoms with Gasteiger partial charge in [-0.15, -0.1) is 0 Å². The van der Waals surface area contributed by atoms with Gasteiger partial charge in [0.2, 0.25) is 0 Å². The van der Waals surface area contributed by atoms with Crippen LogP contribution in [0, 0.1) is 0 Å². The van der Waals surface area contributed by atoms with Gasteiger partial charge in [0.1, 0.15) is 0 Å². The molecule has 1 aromatic rings. The lowest BCUT2D eigenvalue weighted by atomic mass is 9.96. The van der Waals surface area contributed by atoms with Gasteiger partial charge in [-0.05, 0) is 31.4 Å². The van der Waals surface area contributed by atoms with E-state index in [4.69, 9.17) is 4.74 Å². The first-order valence-electron chi connectivity index (χ1n) is 5.64. The highest BCUT2D eigenvalue weighted by Gasteiger charge is 2.27. The van der Waals surface area contributed by atoms with Gasteiger partial charge in [-0.1, -0.05) is 6.92 Å². The molecule has 1 aromatic heterocycles. The Labute approximate surface area is 90.0 Å². The lowest BCUT2D eigenvalue weighted by molar-refractivity contribution is -0.146. The summed E-state index contributed by atoms with van der Waals surface area (Å²) in [6, 6.07) is 4.03. The number of fused-ring (bicyclic) bond motifs is 1. The summed E-state index contributed by atoms with van der Waals surface area (Å²) >= 11 is 0. The molecule has 0 aliphatic carbocycles. The van der Waals surface area contributed by atoms with Crippen molar-refractivity contribution in [1.82, 2.24) is 4.57 Å². The number of hydrogen-bond acceptors (Lipinski definition) is 2. The second-order valence-electron chi connectivity index (χ2n) is 3.99. The largest absolute Gasteiger partial charge is 0.465 e. The summed E-state index contributed by atoms with van der Waals surface area (Å²) in [6.45, 7) is 3.58. The highest BCUT2D eigenvalue weighted by molar-refractivity contribution is 5.77. The average molecular weight is 207 g/mol. The van der Waals surface area contributed by atoms with Crippen molar-refractivity contribution in [2.24, 2.45) is 0 Å². The van der Waals surface area contributed by atoms with Gasteiger partial charge in [0.25, 0.3) is 0 Å². The van der Waals surface area contributed by atoms with Crippen molar-refractivity contribution < 1.29 is 9.53 Å². The van der Waals surface area contributed by atoms with Crippen molar-refractivity contribution in [3.63, 3.8) is 0 Å². The zero-order valence-corrected chi connectivity index (χ0v) is 9.11. The minimum Gasteiger partial charge on any atom is -0.465 e. The molecule has 15 heavy (non-hydrogen) atoms. The third kappa shape index (κ3) is 2.06. The summed E-state index contributed by atoms with van der Waals surface area (Å²) in [4.78, 5) is 11.8. The maximum Gasteiger partial charge on any atom is 0.314 e. The van der Waals surface area contributed by atoms with E-state index >= 15 is 0 Å². The predicted molar refractivity (Wildman–Crippen MR) is 57.7 cm³/mol. The van der Waals surface area contributed by atoms with Gasteiger partial charge in [-0.25, -0.2) is 0 Å². The van der Waals surface area contributed by atoms with Crippen molar-refractivity contribution in [1.29, 1.82) is 0 Å². The summed E-state index contributed by atoms with van der Waals surface area (Å²) in [6.07, 6.45) is 4.91. The number of hydrogen-bond donors (Lipinski definition) is 0. The van der Waals surface area contributed by atoms with Crippen LogP contribution in [-0.2, 0) is 16.1 Å². The number of carbonyl (C=O) groups is 1. The Morgan fingerprint density at radius 1 is 1.67 bits per heavy atom. The van der Waals surface area contributed by atoms with E-state index in [2.05, 4.69) is 4.57 Å². The van der Waals surface area contributed by atoms with Gasteiger partial charge in [0.05, 0.1) is 12.5 Å². The molecule has 1 aliphatic heterocycles. The number of nitrogens with zero attached hydrogens (tertiary/aromatic N) is 1. The van der Waals surface area contributed by atoms with Crippen molar-refractivity contribution in [2.75, 3.05) is 6.61 Å². The van der Waals surface area contributed by atoms with Crippen LogP contribution in [0.4, 0.5) is 0 Å². The molecule has 0 N–H and O–H groups in total. The highest BCUT2D eigenvalue weighted by Crippen LogP contribution is 2.28. The third-order valence-corrected chi connectivity index (χ3v) is 2.85. The van der Waals surface area contributed by atoms with Crippen LogP contribution >= 0.6 is 0 Å². The van der Waals surface area contributed by atoms with Crippen molar-refractivity contribution >= 4 is 5.97 Å². The topological polar surface area (TPSA) is 31.2 Å². The summed E-state index contributed by atoms with van der Waals surface area (Å²) in [5.41, 5.74) is 1.11. The standard InChI is InChI=1S/C12H17NO2/c1-2-9-15-12(14)10-5-3-7-13-8-4-6-11(10)13/h4,6,8,10H,2-3,5,7,9H2,1H3. The molecule has 3 heteroatoms. The molecule has 1 unspecified atom stereocenters. The molecule has 0 saturated carbocycles. The first kappa shape index (κ1) is 10.3. The number of esters is 1. The number of aryl methyl sites for hydroxylation is 1. The Kier molecular flexibility index (Phi) is 3.09. The van der Waals surface area contributed by atoms with E-state index in [-0.39, 0.29) is 11.9 Å². The fraction of sp³-hybridized carbons (Fsp3) is 0.583. The molecule has 2 rings (SSSR count). The van der Waals surface area contributed by atoms with Crippen LogP contribution < -0.4 is 0 Å². The fourth-order valence-electron chi connectivity index (χ4n) is 2.10. The van der Waals surface area contributed by atoms with Gasteiger partial charge in [0.15, 0.2) is 0 Å². The Balaban J connectivity index is 2.08. The molecule has 0 fully saturated rings. The fourth-order valence-corrected chi connectivity index (χ4v) is 2.10. The smallest absolute Gasteiger partial charge is 0.314 e. The molecule has 0 saturated heterocycles. The zero-order chi connectivity index (χ0) is 10.7. The number of aromatic nitrogens is 1. The average Bonchev–Trinajstić information content (AvgIpc) is 2.73. The summed E-state index contributed by atoms with van der Waals surface area (Å²) in [5.74, 6) is -0.100. The van der Waals surface area contributed by atoms with Crippen molar-refractivity contribution in [3.8, 4) is 0 Å². The molecule has 1 atom stereocenters. The molecule has 0 bridgehead atoms. The van der Waals surface area contributed by atoms with E-state index in [1.54, 1.807) is 0 Å². The maximum absolute atomic E-state index is 11.8. The second-order valence-corrected chi connectivity index (χ2v) is 3.99. The Hall–Kier alpha value is -1.25. The van der Waals surface area contributed by atoms with Crippen molar-refractivity contribution in [3.05, 3.63) is 24.0 Å². The van der Waals surface area contributed by atoms with Crippen LogP contribution in [0.1, 0.15) is 37.8 Å². The third-order valence-electron chi connectivity index (χ3n) is 2.85. The molecule has 0 amide bonds. The van der Waals surface area contributed by atoms with Crippen LogP contribution in [0.5, 0.6) is 0 Å². The number of carbonyl (C=O) groups excluding carboxylic acids is 1. The van der Waals surface area contributed by atoms with Gasteiger partial charge in [-0.2, -0.15) is 0 Å². The minimum absolute atomic E-state index is 0.0414.